The van der Waals surface area contributed by atoms with E-state index < -0.39 is 0 Å². The first-order chi connectivity index (χ1) is 7.71. The molecule has 1 aromatic heterocycles. The van der Waals surface area contributed by atoms with E-state index >= 15 is 0 Å². The summed E-state index contributed by atoms with van der Waals surface area (Å²) in [4.78, 5) is 0. The highest BCUT2D eigenvalue weighted by Crippen LogP contribution is 2.09. The molecule has 0 aliphatic heterocycles. The third-order valence-electron chi connectivity index (χ3n) is 2.71. The summed E-state index contributed by atoms with van der Waals surface area (Å²) in [5.74, 6) is 1.15. The van der Waals surface area contributed by atoms with Gasteiger partial charge in [0.15, 0.2) is 0 Å². The molecular weight excluding hydrogens is 218 g/mol. The van der Waals surface area contributed by atoms with Gasteiger partial charge in [-0.2, -0.15) is 16.9 Å². The zero-order valence-electron chi connectivity index (χ0n) is 10.8. The number of aromatic nitrogens is 2. The minimum absolute atomic E-state index is 0.556. The van der Waals surface area contributed by atoms with Gasteiger partial charge in [0.1, 0.15) is 0 Å². The van der Waals surface area contributed by atoms with Gasteiger partial charge in [0.2, 0.25) is 0 Å². The second kappa shape index (κ2) is 6.97. The van der Waals surface area contributed by atoms with Crippen LogP contribution in [0.5, 0.6) is 0 Å². The van der Waals surface area contributed by atoms with Gasteiger partial charge in [-0.3, -0.25) is 4.68 Å². The molecule has 1 atom stereocenters. The van der Waals surface area contributed by atoms with Gasteiger partial charge < -0.3 is 5.32 Å². The standard InChI is InChI=1S/C12H23N3S/c1-5-10-7-12(15(3)14-10)8-11(9-16-4)13-6-2/h7,11,13H,5-6,8-9H2,1-4H3. The summed E-state index contributed by atoms with van der Waals surface area (Å²) in [5, 5.41) is 8.01. The molecule has 0 bridgehead atoms. The lowest BCUT2D eigenvalue weighted by atomic mass is 10.1. The Morgan fingerprint density at radius 2 is 2.25 bits per heavy atom. The molecule has 0 aliphatic rings. The van der Waals surface area contributed by atoms with E-state index in [1.807, 2.05) is 23.5 Å². The summed E-state index contributed by atoms with van der Waals surface area (Å²) in [6.45, 7) is 5.34. The molecular formula is C12H23N3S. The molecule has 0 amide bonds. The third-order valence-corrected chi connectivity index (χ3v) is 3.44. The lowest BCUT2D eigenvalue weighted by molar-refractivity contribution is 0.549. The van der Waals surface area contributed by atoms with Crippen molar-refractivity contribution >= 4 is 11.8 Å². The summed E-state index contributed by atoms with van der Waals surface area (Å²) in [6.07, 6.45) is 4.24. The van der Waals surface area contributed by atoms with Gasteiger partial charge in [0.25, 0.3) is 0 Å². The van der Waals surface area contributed by atoms with Gasteiger partial charge in [-0.05, 0) is 25.3 Å². The van der Waals surface area contributed by atoms with E-state index in [4.69, 9.17) is 0 Å². The molecule has 1 heterocycles. The maximum atomic E-state index is 4.48. The second-order valence-corrected chi connectivity index (χ2v) is 4.93. The third kappa shape index (κ3) is 3.83. The number of hydrogen-bond donors (Lipinski definition) is 1. The average Bonchev–Trinajstić information content (AvgIpc) is 2.60. The summed E-state index contributed by atoms with van der Waals surface area (Å²) in [6, 6.07) is 2.78. The first-order valence-corrected chi connectivity index (χ1v) is 7.34. The zero-order chi connectivity index (χ0) is 12.0. The molecule has 0 radical (unpaired) electrons. The van der Waals surface area contributed by atoms with Crippen molar-refractivity contribution in [3.63, 3.8) is 0 Å². The van der Waals surface area contributed by atoms with Gasteiger partial charge in [0, 0.05) is 31.0 Å². The van der Waals surface area contributed by atoms with Gasteiger partial charge >= 0.3 is 0 Å². The van der Waals surface area contributed by atoms with Crippen molar-refractivity contribution in [1.29, 1.82) is 0 Å². The fourth-order valence-corrected chi connectivity index (χ4v) is 2.51. The Morgan fingerprint density at radius 1 is 1.50 bits per heavy atom. The Morgan fingerprint density at radius 3 is 2.75 bits per heavy atom. The van der Waals surface area contributed by atoms with Gasteiger partial charge in [-0.25, -0.2) is 0 Å². The van der Waals surface area contributed by atoms with E-state index in [2.05, 4.69) is 36.6 Å². The fraction of sp³-hybridized carbons (Fsp3) is 0.750. The topological polar surface area (TPSA) is 29.9 Å². The normalized spacial score (nSPS) is 13.0. The van der Waals surface area contributed by atoms with Crippen LogP contribution in [0.3, 0.4) is 0 Å². The Kier molecular flexibility index (Phi) is 5.91. The molecule has 1 aromatic rings. The van der Waals surface area contributed by atoms with Crippen LogP contribution in [-0.4, -0.2) is 34.4 Å². The van der Waals surface area contributed by atoms with Crippen LogP contribution < -0.4 is 5.32 Å². The molecule has 4 heteroatoms. The van der Waals surface area contributed by atoms with Crippen molar-refractivity contribution < 1.29 is 0 Å². The molecule has 92 valence electrons. The lowest BCUT2D eigenvalue weighted by Crippen LogP contribution is -2.33. The summed E-state index contributed by atoms with van der Waals surface area (Å²) in [7, 11) is 2.04. The highest BCUT2D eigenvalue weighted by molar-refractivity contribution is 7.98. The van der Waals surface area contributed by atoms with Crippen LogP contribution in [0.4, 0.5) is 0 Å². The van der Waals surface area contributed by atoms with Crippen molar-refractivity contribution in [2.75, 3.05) is 18.6 Å². The predicted molar refractivity (Wildman–Crippen MR) is 72.1 cm³/mol. The largest absolute Gasteiger partial charge is 0.313 e. The Bertz CT molecular complexity index is 303. The summed E-state index contributed by atoms with van der Waals surface area (Å²) >= 11 is 1.90. The van der Waals surface area contributed by atoms with Gasteiger partial charge in [-0.15, -0.1) is 0 Å². The van der Waals surface area contributed by atoms with E-state index in [0.717, 1.165) is 25.1 Å². The van der Waals surface area contributed by atoms with Crippen molar-refractivity contribution in [3.8, 4) is 0 Å². The zero-order valence-corrected chi connectivity index (χ0v) is 11.6. The highest BCUT2D eigenvalue weighted by Gasteiger charge is 2.11. The lowest BCUT2D eigenvalue weighted by Gasteiger charge is -2.16. The van der Waals surface area contributed by atoms with Gasteiger partial charge in [-0.1, -0.05) is 13.8 Å². The number of aryl methyl sites for hydroxylation is 2. The van der Waals surface area contributed by atoms with Crippen molar-refractivity contribution in [3.05, 3.63) is 17.5 Å². The van der Waals surface area contributed by atoms with Gasteiger partial charge in [0.05, 0.1) is 5.69 Å². The van der Waals surface area contributed by atoms with Crippen molar-refractivity contribution in [1.82, 2.24) is 15.1 Å². The summed E-state index contributed by atoms with van der Waals surface area (Å²) < 4.78 is 2.02. The smallest absolute Gasteiger partial charge is 0.0624 e. The molecule has 1 unspecified atom stereocenters. The number of likely N-dealkylation sites (N-methyl/N-ethyl adjacent to an activating group) is 1. The number of thioether (sulfide) groups is 1. The van der Waals surface area contributed by atoms with Crippen molar-refractivity contribution in [2.45, 2.75) is 32.7 Å². The Hall–Kier alpha value is -0.480. The maximum Gasteiger partial charge on any atom is 0.0624 e. The molecule has 3 nitrogen and oxygen atoms in total. The van der Waals surface area contributed by atoms with Crippen LogP contribution in [0.25, 0.3) is 0 Å². The molecule has 0 aliphatic carbocycles. The van der Waals surface area contributed by atoms with E-state index in [1.165, 1.54) is 11.4 Å². The fourth-order valence-electron chi connectivity index (χ4n) is 1.87. The number of nitrogens with zero attached hydrogens (tertiary/aromatic N) is 2. The molecule has 1 N–H and O–H groups in total. The highest BCUT2D eigenvalue weighted by atomic mass is 32.2. The molecule has 0 saturated heterocycles. The van der Waals surface area contributed by atoms with Crippen LogP contribution in [0.1, 0.15) is 25.2 Å². The van der Waals surface area contributed by atoms with Crippen molar-refractivity contribution in [2.24, 2.45) is 7.05 Å². The minimum Gasteiger partial charge on any atom is -0.313 e. The second-order valence-electron chi connectivity index (χ2n) is 4.02. The first-order valence-electron chi connectivity index (χ1n) is 5.95. The SMILES string of the molecule is CCNC(CSC)Cc1cc(CC)nn1C. The van der Waals surface area contributed by atoms with Crippen LogP contribution >= 0.6 is 11.8 Å². The number of nitrogens with one attached hydrogen (secondary N) is 1. The monoisotopic (exact) mass is 241 g/mol. The molecule has 0 spiro atoms. The van der Waals surface area contributed by atoms with E-state index in [-0.39, 0.29) is 0 Å². The average molecular weight is 241 g/mol. The number of hydrogen-bond acceptors (Lipinski definition) is 3. The first kappa shape index (κ1) is 13.6. The molecule has 0 saturated carbocycles. The number of rotatable bonds is 7. The van der Waals surface area contributed by atoms with Crippen LogP contribution in [-0.2, 0) is 19.9 Å². The van der Waals surface area contributed by atoms with E-state index in [1.54, 1.807) is 0 Å². The molecule has 1 rings (SSSR count). The van der Waals surface area contributed by atoms with Crippen LogP contribution in [0.2, 0.25) is 0 Å². The molecule has 16 heavy (non-hydrogen) atoms. The predicted octanol–water partition coefficient (Wildman–Crippen LogP) is 1.87. The quantitative estimate of drug-likeness (QED) is 0.790. The van der Waals surface area contributed by atoms with Crippen LogP contribution in [0.15, 0.2) is 6.07 Å². The molecule has 0 aromatic carbocycles. The summed E-state index contributed by atoms with van der Waals surface area (Å²) in [5.41, 5.74) is 2.52. The van der Waals surface area contributed by atoms with E-state index in [9.17, 15) is 0 Å². The Balaban J connectivity index is 2.64. The van der Waals surface area contributed by atoms with E-state index in [0.29, 0.717) is 6.04 Å². The maximum absolute atomic E-state index is 4.48. The van der Waals surface area contributed by atoms with Crippen LogP contribution in [0, 0.1) is 0 Å². The molecule has 0 fully saturated rings. The Labute approximate surface area is 103 Å². The minimum atomic E-state index is 0.556.